The lowest BCUT2D eigenvalue weighted by atomic mass is 10.1. The number of allylic oxidation sites excluding steroid dienone is 10. The van der Waals surface area contributed by atoms with E-state index in [1.807, 2.05) is 0 Å². The zero-order valence-corrected chi connectivity index (χ0v) is 29.4. The number of carbonyl (C=O) groups excluding carboxylic acids is 2. The predicted octanol–water partition coefficient (Wildman–Crippen LogP) is 8.59. The number of nitrogens with one attached hydrogen (secondary N) is 1. The van der Waals surface area contributed by atoms with Crippen LogP contribution >= 0.6 is 7.82 Å². The zero-order valence-electron chi connectivity index (χ0n) is 28.5. The van der Waals surface area contributed by atoms with E-state index in [1.165, 1.54) is 0 Å². The minimum Gasteiger partial charge on any atom is -0.463 e. The Morgan fingerprint density at radius 2 is 1.24 bits per heavy atom. The first kappa shape index (κ1) is 43.7. The maximum absolute atomic E-state index is 11.9. The smallest absolute Gasteiger partial charge is 0.463 e. The van der Waals surface area contributed by atoms with Crippen molar-refractivity contribution in [1.29, 1.82) is 0 Å². The van der Waals surface area contributed by atoms with Crippen LogP contribution in [0.3, 0.4) is 0 Å². The van der Waals surface area contributed by atoms with Gasteiger partial charge in [-0.3, -0.25) is 18.6 Å². The molecule has 0 saturated carbocycles. The molecule has 0 radical (unpaired) electrons. The van der Waals surface area contributed by atoms with E-state index in [1.54, 1.807) is 0 Å². The average Bonchev–Trinajstić information content (AvgIpc) is 3.04. The molecule has 0 saturated heterocycles. The molecule has 3 N–H and O–H groups in total. The van der Waals surface area contributed by atoms with Gasteiger partial charge in [-0.15, -0.1) is 0 Å². The van der Waals surface area contributed by atoms with Crippen LogP contribution in [0.5, 0.6) is 0 Å². The number of unbranched alkanes of at least 4 members (excludes halogenated alkanes) is 8. The number of aliphatic hydroxyl groups excluding tert-OH is 1. The summed E-state index contributed by atoms with van der Waals surface area (Å²) in [5, 5.41) is 12.5. The number of rotatable bonds is 31. The lowest BCUT2D eigenvalue weighted by molar-refractivity contribution is -0.147. The maximum Gasteiger partial charge on any atom is 0.472 e. The standard InChI is InChI=1S/C36H62NO8P/c1-3-5-7-9-10-11-12-13-14-15-16-17-18-19-20-21-22-23-24-25-27-29-36(40)43-32-34(38)33-45-46(41,42)44-31-30-37-35(39)28-26-8-6-4-2/h5,7,10-11,13-14,16-17,19-20,34,38H,3-4,6,8-9,12,15,18,21-33H2,1-2H3,(H,37,39)(H,41,42)/b7-5-,11-10-,14-13-,17-16-,20-19-. The monoisotopic (exact) mass is 667 g/mol. The molecule has 2 unspecified atom stereocenters. The Kier molecular flexibility index (Phi) is 31.0. The fourth-order valence-electron chi connectivity index (χ4n) is 4.11. The summed E-state index contributed by atoms with van der Waals surface area (Å²) in [5.41, 5.74) is 0. The number of hydrogen-bond acceptors (Lipinski definition) is 7. The van der Waals surface area contributed by atoms with E-state index in [0.29, 0.717) is 12.8 Å². The Labute approximate surface area is 278 Å². The summed E-state index contributed by atoms with van der Waals surface area (Å²) in [4.78, 5) is 33.3. The molecule has 0 spiro atoms. The van der Waals surface area contributed by atoms with E-state index in [0.717, 1.165) is 89.9 Å². The van der Waals surface area contributed by atoms with Crippen LogP contribution in [0.4, 0.5) is 0 Å². The van der Waals surface area contributed by atoms with Crippen molar-refractivity contribution in [2.24, 2.45) is 0 Å². The van der Waals surface area contributed by atoms with Gasteiger partial charge >= 0.3 is 13.8 Å². The van der Waals surface area contributed by atoms with Crippen molar-refractivity contribution < 1.29 is 37.9 Å². The summed E-state index contributed by atoms with van der Waals surface area (Å²) in [6.45, 7) is 3.25. The van der Waals surface area contributed by atoms with Gasteiger partial charge in [0.05, 0.1) is 13.2 Å². The first-order valence-corrected chi connectivity index (χ1v) is 18.8. The lowest BCUT2D eigenvalue weighted by Gasteiger charge is -2.15. The number of ether oxygens (including phenoxy) is 1. The third-order valence-corrected chi connectivity index (χ3v) is 7.70. The molecule has 9 nitrogen and oxygen atoms in total. The number of phosphoric acid groups is 1. The molecule has 0 fully saturated rings. The van der Waals surface area contributed by atoms with Crippen molar-refractivity contribution in [3.63, 3.8) is 0 Å². The summed E-state index contributed by atoms with van der Waals surface area (Å²) < 4.78 is 26.5. The van der Waals surface area contributed by atoms with Crippen LogP contribution in [0.25, 0.3) is 0 Å². The third-order valence-electron chi connectivity index (χ3n) is 6.71. The van der Waals surface area contributed by atoms with E-state index in [4.69, 9.17) is 13.8 Å². The van der Waals surface area contributed by atoms with Gasteiger partial charge in [0.25, 0.3) is 0 Å². The largest absolute Gasteiger partial charge is 0.472 e. The summed E-state index contributed by atoms with van der Waals surface area (Å²) in [6.07, 6.45) is 36.3. The van der Waals surface area contributed by atoms with Gasteiger partial charge in [0, 0.05) is 19.4 Å². The average molecular weight is 668 g/mol. The summed E-state index contributed by atoms with van der Waals surface area (Å²) in [7, 11) is -4.40. The maximum atomic E-state index is 11.9. The topological polar surface area (TPSA) is 131 Å². The van der Waals surface area contributed by atoms with E-state index in [-0.39, 0.29) is 32.1 Å². The van der Waals surface area contributed by atoms with Crippen LogP contribution in [0.1, 0.15) is 123 Å². The van der Waals surface area contributed by atoms with Gasteiger partial charge in [-0.05, 0) is 57.8 Å². The minimum atomic E-state index is -4.40. The second-order valence-electron chi connectivity index (χ2n) is 11.1. The SMILES string of the molecule is CC/C=C\C/C=C\C/C=C\C/C=C\C/C=C\CCCCCCCC(=O)OCC(O)COP(=O)(O)OCCNC(=O)CCCCCC. The molecule has 0 heterocycles. The molecular weight excluding hydrogens is 605 g/mol. The van der Waals surface area contributed by atoms with Gasteiger partial charge in [-0.1, -0.05) is 113 Å². The van der Waals surface area contributed by atoms with Crippen molar-refractivity contribution in [1.82, 2.24) is 5.32 Å². The van der Waals surface area contributed by atoms with E-state index >= 15 is 0 Å². The van der Waals surface area contributed by atoms with E-state index in [2.05, 4.69) is 79.9 Å². The van der Waals surface area contributed by atoms with Gasteiger partial charge in [0.1, 0.15) is 12.7 Å². The molecule has 0 bridgehead atoms. The molecule has 0 aromatic carbocycles. The van der Waals surface area contributed by atoms with Crippen molar-refractivity contribution in [3.8, 4) is 0 Å². The molecule has 46 heavy (non-hydrogen) atoms. The van der Waals surface area contributed by atoms with Crippen LogP contribution in [0.2, 0.25) is 0 Å². The number of esters is 1. The van der Waals surface area contributed by atoms with Crippen molar-refractivity contribution in [2.45, 2.75) is 129 Å². The van der Waals surface area contributed by atoms with E-state index < -0.39 is 26.5 Å². The number of aliphatic hydroxyl groups is 1. The molecule has 1 amide bonds. The van der Waals surface area contributed by atoms with Crippen LogP contribution < -0.4 is 5.32 Å². The first-order chi connectivity index (χ1) is 22.3. The fraction of sp³-hybridized carbons (Fsp3) is 0.667. The Bertz CT molecular complexity index is 944. The highest BCUT2D eigenvalue weighted by molar-refractivity contribution is 7.47. The number of carbonyl (C=O) groups is 2. The van der Waals surface area contributed by atoms with Crippen molar-refractivity contribution in [2.75, 3.05) is 26.4 Å². The second kappa shape index (κ2) is 32.6. The molecule has 0 aliphatic heterocycles. The third kappa shape index (κ3) is 33.1. The van der Waals surface area contributed by atoms with Crippen LogP contribution in [-0.2, 0) is 27.9 Å². The molecule has 0 aromatic heterocycles. The van der Waals surface area contributed by atoms with Crippen LogP contribution in [0, 0.1) is 0 Å². The molecule has 264 valence electrons. The Hall–Kier alpha value is -2.29. The van der Waals surface area contributed by atoms with Crippen molar-refractivity contribution in [3.05, 3.63) is 60.8 Å². The zero-order chi connectivity index (χ0) is 34.0. The molecule has 0 aliphatic rings. The van der Waals surface area contributed by atoms with Crippen LogP contribution in [-0.4, -0.2) is 54.3 Å². The molecule has 2 atom stereocenters. The summed E-state index contributed by atoms with van der Waals surface area (Å²) >= 11 is 0. The van der Waals surface area contributed by atoms with Gasteiger partial charge in [0.2, 0.25) is 5.91 Å². The highest BCUT2D eigenvalue weighted by Gasteiger charge is 2.23. The normalized spacial score (nSPS) is 14.3. The van der Waals surface area contributed by atoms with Gasteiger partial charge in [0.15, 0.2) is 0 Å². The highest BCUT2D eigenvalue weighted by Crippen LogP contribution is 2.42. The summed E-state index contributed by atoms with van der Waals surface area (Å²) in [5.74, 6) is -0.561. The summed E-state index contributed by atoms with van der Waals surface area (Å²) in [6, 6.07) is 0. The van der Waals surface area contributed by atoms with Crippen molar-refractivity contribution >= 4 is 19.7 Å². The molecule has 10 heteroatoms. The predicted molar refractivity (Wildman–Crippen MR) is 187 cm³/mol. The van der Waals surface area contributed by atoms with Crippen LogP contribution in [0.15, 0.2) is 60.8 Å². The number of phosphoric ester groups is 1. The fourth-order valence-corrected chi connectivity index (χ4v) is 4.87. The van der Waals surface area contributed by atoms with Gasteiger partial charge in [-0.25, -0.2) is 4.57 Å². The lowest BCUT2D eigenvalue weighted by Crippen LogP contribution is -2.27. The Morgan fingerprint density at radius 1 is 0.696 bits per heavy atom. The number of amides is 1. The Balaban J connectivity index is 3.68. The Morgan fingerprint density at radius 3 is 1.87 bits per heavy atom. The number of hydrogen-bond donors (Lipinski definition) is 3. The van der Waals surface area contributed by atoms with Gasteiger partial charge in [-0.2, -0.15) is 0 Å². The molecule has 0 rings (SSSR count). The molecule has 0 aromatic rings. The highest BCUT2D eigenvalue weighted by atomic mass is 31.2. The van der Waals surface area contributed by atoms with Gasteiger partial charge < -0.3 is 20.1 Å². The first-order valence-electron chi connectivity index (χ1n) is 17.3. The second-order valence-corrected chi connectivity index (χ2v) is 12.6. The minimum absolute atomic E-state index is 0.0744. The molecule has 0 aliphatic carbocycles. The molecular formula is C36H62NO8P. The van der Waals surface area contributed by atoms with E-state index in [9.17, 15) is 24.2 Å². The quantitative estimate of drug-likeness (QED) is 0.0290.